The molecule has 0 saturated carbocycles. The van der Waals surface area contributed by atoms with Crippen LogP contribution < -0.4 is 0 Å². The van der Waals surface area contributed by atoms with E-state index in [9.17, 15) is 5.11 Å². The predicted molar refractivity (Wildman–Crippen MR) is 106 cm³/mol. The van der Waals surface area contributed by atoms with Crippen molar-refractivity contribution >= 4 is 11.8 Å². The minimum Gasteiger partial charge on any atom is -0.480 e. The summed E-state index contributed by atoms with van der Waals surface area (Å²) in [6, 6.07) is 9.37. The van der Waals surface area contributed by atoms with Crippen LogP contribution in [0.1, 0.15) is 33.3 Å². The minimum atomic E-state index is -0.812. The van der Waals surface area contributed by atoms with Gasteiger partial charge in [-0.05, 0) is 31.7 Å². The van der Waals surface area contributed by atoms with Gasteiger partial charge in [-0.2, -0.15) is 0 Å². The standard InChI is InChI=1S/C21H30N2O3/c1-5-25-20-18(15(3)4)22-21(26-6-2)19(23-20)17(24)14-10-13-16-11-8-7-9-12-16/h7-12,14-15,17-19,24H,5-6,13H2,1-4H3. The van der Waals surface area contributed by atoms with Crippen molar-refractivity contribution in [1.29, 1.82) is 0 Å². The molecular weight excluding hydrogens is 328 g/mol. The van der Waals surface area contributed by atoms with E-state index in [4.69, 9.17) is 9.47 Å². The molecule has 1 N–H and O–H groups in total. The number of hydrogen-bond acceptors (Lipinski definition) is 5. The van der Waals surface area contributed by atoms with E-state index in [-0.39, 0.29) is 12.0 Å². The summed E-state index contributed by atoms with van der Waals surface area (Å²) in [5.41, 5.74) is 1.19. The third-order valence-corrected chi connectivity index (χ3v) is 4.11. The fraction of sp³-hybridized carbons (Fsp3) is 0.524. The summed E-state index contributed by atoms with van der Waals surface area (Å²) in [4.78, 5) is 9.32. The molecule has 1 aromatic carbocycles. The number of rotatable bonds is 7. The normalized spacial score (nSPS) is 21.5. The number of hydrogen-bond donors (Lipinski definition) is 1. The molecule has 1 aliphatic rings. The van der Waals surface area contributed by atoms with E-state index in [1.165, 1.54) is 5.56 Å². The van der Waals surface area contributed by atoms with Crippen LogP contribution in [0.15, 0.2) is 52.5 Å². The Morgan fingerprint density at radius 1 is 1.00 bits per heavy atom. The summed E-state index contributed by atoms with van der Waals surface area (Å²) in [5.74, 6) is 1.29. The molecule has 0 saturated heterocycles. The third kappa shape index (κ3) is 5.43. The molecule has 142 valence electrons. The molecule has 3 unspecified atom stereocenters. The van der Waals surface area contributed by atoms with Crippen LogP contribution in [-0.4, -0.2) is 48.3 Å². The van der Waals surface area contributed by atoms with Crippen molar-refractivity contribution < 1.29 is 14.6 Å². The lowest BCUT2D eigenvalue weighted by atomic mass is 10.0. The van der Waals surface area contributed by atoms with Gasteiger partial charge in [0.1, 0.15) is 12.1 Å². The molecule has 0 aliphatic carbocycles. The highest BCUT2D eigenvalue weighted by Crippen LogP contribution is 2.20. The average Bonchev–Trinajstić information content (AvgIpc) is 2.63. The maximum absolute atomic E-state index is 10.6. The topological polar surface area (TPSA) is 63.4 Å². The Bertz CT molecular complexity index is 638. The number of aliphatic hydroxyl groups is 1. The highest BCUT2D eigenvalue weighted by molar-refractivity contribution is 5.94. The van der Waals surface area contributed by atoms with Gasteiger partial charge in [0.15, 0.2) is 6.04 Å². The van der Waals surface area contributed by atoms with Crippen LogP contribution in [-0.2, 0) is 15.9 Å². The third-order valence-electron chi connectivity index (χ3n) is 4.11. The molecule has 0 aromatic heterocycles. The summed E-state index contributed by atoms with van der Waals surface area (Å²) < 4.78 is 11.4. The summed E-state index contributed by atoms with van der Waals surface area (Å²) in [6.07, 6.45) is 3.65. The van der Waals surface area contributed by atoms with Crippen LogP contribution in [0.3, 0.4) is 0 Å². The van der Waals surface area contributed by atoms with Crippen molar-refractivity contribution in [3.05, 3.63) is 48.0 Å². The Hall–Kier alpha value is -2.14. The quantitative estimate of drug-likeness (QED) is 0.760. The van der Waals surface area contributed by atoms with E-state index in [2.05, 4.69) is 36.0 Å². The molecule has 0 bridgehead atoms. The number of aliphatic hydroxyl groups excluding tert-OH is 1. The molecular formula is C21H30N2O3. The van der Waals surface area contributed by atoms with Crippen molar-refractivity contribution in [2.45, 2.75) is 52.3 Å². The molecule has 2 rings (SSSR count). The number of aliphatic imine (C=N–C) groups is 2. The molecule has 0 amide bonds. The second-order valence-corrected chi connectivity index (χ2v) is 6.54. The van der Waals surface area contributed by atoms with Gasteiger partial charge in [0, 0.05) is 0 Å². The number of nitrogens with zero attached hydrogens (tertiary/aromatic N) is 2. The van der Waals surface area contributed by atoms with Gasteiger partial charge in [0.05, 0.1) is 13.2 Å². The summed E-state index contributed by atoms with van der Waals surface area (Å²) in [7, 11) is 0. The maximum atomic E-state index is 10.6. The fourth-order valence-electron chi connectivity index (χ4n) is 2.80. The first-order valence-electron chi connectivity index (χ1n) is 9.36. The molecule has 3 atom stereocenters. The zero-order valence-electron chi connectivity index (χ0n) is 16.1. The fourth-order valence-corrected chi connectivity index (χ4v) is 2.80. The Morgan fingerprint density at radius 2 is 1.58 bits per heavy atom. The van der Waals surface area contributed by atoms with Gasteiger partial charge in [-0.25, -0.2) is 9.98 Å². The first-order chi connectivity index (χ1) is 12.6. The van der Waals surface area contributed by atoms with E-state index in [0.717, 1.165) is 6.42 Å². The summed E-state index contributed by atoms with van der Waals surface area (Å²) in [5, 5.41) is 10.6. The molecule has 5 nitrogen and oxygen atoms in total. The minimum absolute atomic E-state index is 0.173. The van der Waals surface area contributed by atoms with Gasteiger partial charge in [-0.1, -0.05) is 56.3 Å². The van der Waals surface area contributed by atoms with Crippen LogP contribution in [0.4, 0.5) is 0 Å². The average molecular weight is 358 g/mol. The van der Waals surface area contributed by atoms with Crippen molar-refractivity contribution in [2.75, 3.05) is 13.2 Å². The van der Waals surface area contributed by atoms with E-state index >= 15 is 0 Å². The zero-order valence-corrected chi connectivity index (χ0v) is 16.1. The molecule has 1 aromatic rings. The second kappa shape index (κ2) is 10.1. The monoisotopic (exact) mass is 358 g/mol. The van der Waals surface area contributed by atoms with E-state index in [1.54, 1.807) is 6.08 Å². The highest BCUT2D eigenvalue weighted by atomic mass is 16.5. The lowest BCUT2D eigenvalue weighted by molar-refractivity contribution is 0.188. The first-order valence-corrected chi connectivity index (χ1v) is 9.36. The van der Waals surface area contributed by atoms with Gasteiger partial charge in [-0.3, -0.25) is 0 Å². The molecule has 0 spiro atoms. The van der Waals surface area contributed by atoms with E-state index in [1.807, 2.05) is 38.1 Å². The Morgan fingerprint density at radius 3 is 2.15 bits per heavy atom. The Balaban J connectivity index is 2.15. The Labute approximate surface area is 156 Å². The van der Waals surface area contributed by atoms with Gasteiger partial charge in [-0.15, -0.1) is 0 Å². The van der Waals surface area contributed by atoms with Gasteiger partial charge in [0.25, 0.3) is 0 Å². The van der Waals surface area contributed by atoms with Crippen LogP contribution in [0.25, 0.3) is 0 Å². The van der Waals surface area contributed by atoms with Gasteiger partial charge >= 0.3 is 0 Å². The lowest BCUT2D eigenvalue weighted by Crippen LogP contribution is -2.42. The SMILES string of the molecule is CCOC1=NC(C(O)C=CCc2ccccc2)C(OCC)=NC1C(C)C. The highest BCUT2D eigenvalue weighted by Gasteiger charge is 2.34. The van der Waals surface area contributed by atoms with Crippen LogP contribution in [0, 0.1) is 5.92 Å². The Kier molecular flexibility index (Phi) is 7.85. The van der Waals surface area contributed by atoms with E-state index < -0.39 is 12.1 Å². The number of ether oxygens (including phenoxy) is 2. The molecule has 0 radical (unpaired) electrons. The smallest absolute Gasteiger partial charge is 0.212 e. The van der Waals surface area contributed by atoms with Crippen LogP contribution in [0.5, 0.6) is 0 Å². The predicted octanol–water partition coefficient (Wildman–Crippen LogP) is 3.42. The lowest BCUT2D eigenvalue weighted by Gasteiger charge is -2.29. The van der Waals surface area contributed by atoms with E-state index in [0.29, 0.717) is 25.0 Å². The van der Waals surface area contributed by atoms with Gasteiger partial charge < -0.3 is 14.6 Å². The molecule has 5 heteroatoms. The molecule has 0 fully saturated rings. The summed E-state index contributed by atoms with van der Waals surface area (Å²) >= 11 is 0. The molecule has 26 heavy (non-hydrogen) atoms. The largest absolute Gasteiger partial charge is 0.480 e. The molecule has 1 heterocycles. The maximum Gasteiger partial charge on any atom is 0.212 e. The molecule has 1 aliphatic heterocycles. The summed E-state index contributed by atoms with van der Waals surface area (Å²) in [6.45, 7) is 8.98. The van der Waals surface area contributed by atoms with Crippen LogP contribution in [0.2, 0.25) is 0 Å². The number of benzene rings is 1. The van der Waals surface area contributed by atoms with Gasteiger partial charge in [0.2, 0.25) is 11.8 Å². The van der Waals surface area contributed by atoms with Crippen molar-refractivity contribution in [3.8, 4) is 0 Å². The second-order valence-electron chi connectivity index (χ2n) is 6.54. The van der Waals surface area contributed by atoms with Crippen molar-refractivity contribution in [2.24, 2.45) is 15.9 Å². The number of allylic oxidation sites excluding steroid dienone is 1. The zero-order chi connectivity index (χ0) is 18.9. The first kappa shape index (κ1) is 20.2. The van der Waals surface area contributed by atoms with Crippen LogP contribution >= 0.6 is 0 Å². The van der Waals surface area contributed by atoms with Crippen molar-refractivity contribution in [1.82, 2.24) is 0 Å². The van der Waals surface area contributed by atoms with Crippen molar-refractivity contribution in [3.63, 3.8) is 0 Å².